The van der Waals surface area contributed by atoms with Crippen molar-refractivity contribution in [2.45, 2.75) is 32.6 Å². The molecule has 0 atom stereocenters. The number of nitrogen functional groups attached to an aromatic ring is 2. The fourth-order valence-electron chi connectivity index (χ4n) is 2.21. The Morgan fingerprint density at radius 1 is 1.05 bits per heavy atom. The molecule has 0 aliphatic carbocycles. The predicted molar refractivity (Wildman–Crippen MR) is 82.7 cm³/mol. The molecule has 0 amide bonds. The number of aromatic nitrogens is 1. The maximum atomic E-state index is 10.4. The molecule has 0 unspecified atom stereocenters. The zero-order valence-corrected chi connectivity index (χ0v) is 12.1. The molecule has 2 aromatic rings. The van der Waals surface area contributed by atoms with Gasteiger partial charge in [-0.2, -0.15) is 0 Å². The van der Waals surface area contributed by atoms with Gasteiger partial charge < -0.3 is 16.6 Å². The Morgan fingerprint density at radius 3 is 2.35 bits per heavy atom. The average Bonchev–Trinajstić information content (AvgIpc) is 2.33. The summed E-state index contributed by atoms with van der Waals surface area (Å²) < 4.78 is 0. The van der Waals surface area contributed by atoms with Crippen LogP contribution in [-0.2, 0) is 11.8 Å². The third-order valence-corrected chi connectivity index (χ3v) is 3.34. The molecular formula is C16H21N3O. The molecule has 4 nitrogen and oxygen atoms in total. The topological polar surface area (TPSA) is 85.2 Å². The average molecular weight is 271 g/mol. The number of phenols is 1. The molecule has 1 aromatic carbocycles. The van der Waals surface area contributed by atoms with Gasteiger partial charge in [0.15, 0.2) is 0 Å². The molecule has 1 aromatic heterocycles. The van der Waals surface area contributed by atoms with E-state index in [-0.39, 0.29) is 5.41 Å². The van der Waals surface area contributed by atoms with Crippen LogP contribution >= 0.6 is 0 Å². The lowest BCUT2D eigenvalue weighted by atomic mass is 9.84. The highest BCUT2D eigenvalue weighted by Crippen LogP contribution is 2.34. The molecule has 106 valence electrons. The first-order valence-electron chi connectivity index (χ1n) is 6.61. The van der Waals surface area contributed by atoms with Crippen LogP contribution in [0.3, 0.4) is 0 Å². The van der Waals surface area contributed by atoms with E-state index in [2.05, 4.69) is 25.8 Å². The first-order chi connectivity index (χ1) is 9.29. The molecule has 0 spiro atoms. The number of nitrogens with zero attached hydrogens (tertiary/aromatic N) is 1. The van der Waals surface area contributed by atoms with Crippen molar-refractivity contribution in [3.8, 4) is 5.75 Å². The summed E-state index contributed by atoms with van der Waals surface area (Å²) in [4.78, 5) is 4.04. The standard InChI is InChI=1S/C16H21N3O/c1-16(2,3)12-6-4-5-10(14(12)20)9-11-7-8-13(17)19-15(11)18/h4-8,20H,9H2,1-3H3,(H4,17,18,19). The lowest BCUT2D eigenvalue weighted by Crippen LogP contribution is -2.12. The van der Waals surface area contributed by atoms with Crippen molar-refractivity contribution in [3.63, 3.8) is 0 Å². The SMILES string of the molecule is CC(C)(C)c1cccc(Cc2ccc(N)nc2N)c1O. The van der Waals surface area contributed by atoms with Gasteiger partial charge in [-0.25, -0.2) is 4.98 Å². The Balaban J connectivity index is 2.40. The van der Waals surface area contributed by atoms with Crippen LogP contribution in [0.1, 0.15) is 37.5 Å². The summed E-state index contributed by atoms with van der Waals surface area (Å²) >= 11 is 0. The summed E-state index contributed by atoms with van der Waals surface area (Å²) in [6, 6.07) is 9.37. The summed E-state index contributed by atoms with van der Waals surface area (Å²) in [6.07, 6.45) is 0.537. The molecule has 4 heteroatoms. The van der Waals surface area contributed by atoms with Gasteiger partial charge in [0.25, 0.3) is 0 Å². The number of pyridine rings is 1. The number of phenolic OH excluding ortho intramolecular Hbond substituents is 1. The number of benzene rings is 1. The van der Waals surface area contributed by atoms with Crippen molar-refractivity contribution in [2.75, 3.05) is 11.5 Å². The number of rotatable bonds is 2. The maximum Gasteiger partial charge on any atom is 0.129 e. The van der Waals surface area contributed by atoms with E-state index in [4.69, 9.17) is 11.5 Å². The molecule has 0 aliphatic heterocycles. The number of hydrogen-bond donors (Lipinski definition) is 3. The van der Waals surface area contributed by atoms with Crippen LogP contribution in [0.5, 0.6) is 5.75 Å². The third kappa shape index (κ3) is 2.85. The van der Waals surface area contributed by atoms with Gasteiger partial charge in [-0.1, -0.05) is 45.0 Å². The molecule has 2 rings (SSSR count). The van der Waals surface area contributed by atoms with Crippen LogP contribution in [0.4, 0.5) is 11.6 Å². The van der Waals surface area contributed by atoms with E-state index in [1.54, 1.807) is 6.07 Å². The highest BCUT2D eigenvalue weighted by Gasteiger charge is 2.20. The number of nitrogens with two attached hydrogens (primary N) is 2. The number of hydrogen-bond acceptors (Lipinski definition) is 4. The minimum Gasteiger partial charge on any atom is -0.507 e. The summed E-state index contributed by atoms with van der Waals surface area (Å²) in [6.45, 7) is 6.22. The fourth-order valence-corrected chi connectivity index (χ4v) is 2.21. The molecule has 0 saturated carbocycles. The molecule has 0 fully saturated rings. The Kier molecular flexibility index (Phi) is 3.57. The van der Waals surface area contributed by atoms with Crippen molar-refractivity contribution in [1.29, 1.82) is 0 Å². The van der Waals surface area contributed by atoms with Gasteiger partial charge in [-0.15, -0.1) is 0 Å². The summed E-state index contributed by atoms with van der Waals surface area (Å²) in [5.74, 6) is 1.14. The molecule has 0 saturated heterocycles. The van der Waals surface area contributed by atoms with Gasteiger partial charge in [0, 0.05) is 6.42 Å². The highest BCUT2D eigenvalue weighted by molar-refractivity contribution is 5.51. The van der Waals surface area contributed by atoms with Gasteiger partial charge >= 0.3 is 0 Å². The van der Waals surface area contributed by atoms with Crippen LogP contribution in [0.25, 0.3) is 0 Å². The normalized spacial score (nSPS) is 11.6. The molecule has 1 heterocycles. The molecule has 0 bridgehead atoms. The van der Waals surface area contributed by atoms with E-state index < -0.39 is 0 Å². The predicted octanol–water partition coefficient (Wildman–Crippen LogP) is 2.84. The fraction of sp³-hybridized carbons (Fsp3) is 0.312. The zero-order valence-electron chi connectivity index (χ0n) is 12.1. The molecule has 5 N–H and O–H groups in total. The largest absolute Gasteiger partial charge is 0.507 e. The third-order valence-electron chi connectivity index (χ3n) is 3.34. The number of anilines is 2. The summed E-state index contributed by atoms with van der Waals surface area (Å²) in [5, 5.41) is 10.4. The second-order valence-electron chi connectivity index (χ2n) is 6.02. The first kappa shape index (κ1) is 14.2. The quantitative estimate of drug-likeness (QED) is 0.784. The minimum atomic E-state index is -0.106. The van der Waals surface area contributed by atoms with E-state index in [0.29, 0.717) is 23.8 Å². The Labute approximate surface area is 119 Å². The lowest BCUT2D eigenvalue weighted by Gasteiger charge is -2.22. The number of aromatic hydroxyl groups is 1. The van der Waals surface area contributed by atoms with Gasteiger partial charge in [-0.05, 0) is 28.2 Å². The smallest absolute Gasteiger partial charge is 0.129 e. The van der Waals surface area contributed by atoms with E-state index in [1.807, 2.05) is 24.3 Å². The summed E-state index contributed by atoms with van der Waals surface area (Å²) in [5.41, 5.74) is 14.0. The van der Waals surface area contributed by atoms with E-state index >= 15 is 0 Å². The van der Waals surface area contributed by atoms with Gasteiger partial charge in [0.1, 0.15) is 17.4 Å². The van der Waals surface area contributed by atoms with E-state index in [9.17, 15) is 5.11 Å². The summed E-state index contributed by atoms with van der Waals surface area (Å²) in [7, 11) is 0. The van der Waals surface area contributed by atoms with E-state index in [0.717, 1.165) is 16.7 Å². The Morgan fingerprint density at radius 2 is 1.75 bits per heavy atom. The van der Waals surface area contributed by atoms with Crippen LogP contribution < -0.4 is 11.5 Å². The Hall–Kier alpha value is -2.23. The van der Waals surface area contributed by atoms with E-state index in [1.165, 1.54) is 0 Å². The van der Waals surface area contributed by atoms with Crippen LogP contribution in [0.15, 0.2) is 30.3 Å². The van der Waals surface area contributed by atoms with Crippen molar-refractivity contribution in [3.05, 3.63) is 47.0 Å². The second kappa shape index (κ2) is 5.04. The van der Waals surface area contributed by atoms with Gasteiger partial charge in [0.2, 0.25) is 0 Å². The van der Waals surface area contributed by atoms with Crippen LogP contribution in [0, 0.1) is 0 Å². The highest BCUT2D eigenvalue weighted by atomic mass is 16.3. The van der Waals surface area contributed by atoms with Crippen LogP contribution in [-0.4, -0.2) is 10.1 Å². The van der Waals surface area contributed by atoms with Crippen molar-refractivity contribution >= 4 is 11.6 Å². The first-order valence-corrected chi connectivity index (χ1v) is 6.61. The molecule has 0 radical (unpaired) electrons. The van der Waals surface area contributed by atoms with Crippen molar-refractivity contribution in [1.82, 2.24) is 4.98 Å². The number of para-hydroxylation sites is 1. The van der Waals surface area contributed by atoms with Crippen molar-refractivity contribution in [2.24, 2.45) is 0 Å². The lowest BCUT2D eigenvalue weighted by molar-refractivity contribution is 0.441. The Bertz CT molecular complexity index is 630. The molecular weight excluding hydrogens is 250 g/mol. The second-order valence-corrected chi connectivity index (χ2v) is 6.02. The van der Waals surface area contributed by atoms with Crippen LogP contribution in [0.2, 0.25) is 0 Å². The minimum absolute atomic E-state index is 0.106. The monoisotopic (exact) mass is 271 g/mol. The molecule has 0 aliphatic rings. The van der Waals surface area contributed by atoms with Crippen molar-refractivity contribution < 1.29 is 5.11 Å². The molecule has 20 heavy (non-hydrogen) atoms. The van der Waals surface area contributed by atoms with Gasteiger partial charge in [-0.3, -0.25) is 0 Å². The zero-order chi connectivity index (χ0) is 14.9. The maximum absolute atomic E-state index is 10.4. The van der Waals surface area contributed by atoms with Gasteiger partial charge in [0.05, 0.1) is 0 Å².